The predicted octanol–water partition coefficient (Wildman–Crippen LogP) is 8.37. The second-order valence-corrected chi connectivity index (χ2v) is 9.48. The van der Waals surface area contributed by atoms with Crippen molar-refractivity contribution in [2.24, 2.45) is 7.05 Å². The van der Waals surface area contributed by atoms with E-state index in [1.165, 1.54) is 0 Å². The van der Waals surface area contributed by atoms with Gasteiger partial charge in [-0.15, -0.1) is 0 Å². The molecule has 0 aliphatic rings. The Morgan fingerprint density at radius 2 is 1.61 bits per heavy atom. The quantitative estimate of drug-likeness (QED) is 0.181. The van der Waals surface area contributed by atoms with E-state index in [9.17, 15) is 5.26 Å². The third-order valence-electron chi connectivity index (χ3n) is 7.33. The number of hydrogen-bond acceptors (Lipinski definition) is 3. The minimum atomic E-state index is 0.525. The lowest BCUT2D eigenvalue weighted by Crippen LogP contribution is -2.30. The molecule has 4 aromatic carbocycles. The molecule has 5 heteroatoms. The van der Waals surface area contributed by atoms with E-state index in [2.05, 4.69) is 40.6 Å². The Labute approximate surface area is 218 Å². The van der Waals surface area contributed by atoms with Crippen molar-refractivity contribution in [2.75, 3.05) is 0 Å². The molecule has 38 heavy (non-hydrogen) atoms. The second kappa shape index (κ2) is 8.06. The zero-order chi connectivity index (χ0) is 26.0. The fourth-order valence-corrected chi connectivity index (χ4v) is 5.54. The average molecular weight is 491 g/mol. The van der Waals surface area contributed by atoms with E-state index in [1.54, 1.807) is 6.07 Å². The molecule has 0 fully saturated rings. The second-order valence-electron chi connectivity index (χ2n) is 9.48. The number of rotatable bonds is 2. The molecule has 0 radical (unpaired) electrons. The van der Waals surface area contributed by atoms with Crippen LogP contribution in [0.25, 0.3) is 71.1 Å². The molecule has 0 aliphatic heterocycles. The summed E-state index contributed by atoms with van der Waals surface area (Å²) in [4.78, 5) is 3.67. The molecule has 7 rings (SSSR count). The van der Waals surface area contributed by atoms with Gasteiger partial charge in [0.1, 0.15) is 29.4 Å². The largest absolute Gasteiger partial charge is 0.457 e. The van der Waals surface area contributed by atoms with Crippen LogP contribution < -0.4 is 4.57 Å². The normalized spacial score (nSPS) is 11.4. The molecule has 0 unspecified atom stereocenters. The summed E-state index contributed by atoms with van der Waals surface area (Å²) < 4.78 is 14.9. The average Bonchev–Trinajstić information content (AvgIpc) is 3.50. The van der Waals surface area contributed by atoms with Crippen molar-refractivity contribution in [3.63, 3.8) is 0 Å². The number of furan rings is 2. The number of pyridine rings is 1. The lowest BCUT2D eigenvalue weighted by Gasteiger charge is -2.06. The zero-order valence-electron chi connectivity index (χ0n) is 20.7. The standard InChI is InChI=1S/C33H20N3O2/c1-19-10-13-22-23-14-12-21(18-34)30(33(23)38-32(22)29(19)26-8-4-5-16-36(26)3)20-11-15-24-28(17-20)37-27-9-6-7-25(35-2)31(24)27/h4-17H,1,3H3/q+1. The van der Waals surface area contributed by atoms with E-state index in [-0.39, 0.29) is 0 Å². The van der Waals surface area contributed by atoms with Gasteiger partial charge in [-0.05, 0) is 48.4 Å². The molecule has 178 valence electrons. The molecule has 0 saturated carbocycles. The number of benzene rings is 4. The Balaban J connectivity index is 1.55. The molecule has 3 heterocycles. The maximum Gasteiger partial charge on any atom is 0.216 e. The highest BCUT2D eigenvalue weighted by atomic mass is 16.3. The zero-order valence-corrected chi connectivity index (χ0v) is 20.7. The van der Waals surface area contributed by atoms with Gasteiger partial charge < -0.3 is 8.83 Å². The fourth-order valence-electron chi connectivity index (χ4n) is 5.54. The van der Waals surface area contributed by atoms with Crippen LogP contribution >= 0.6 is 0 Å². The van der Waals surface area contributed by atoms with Crippen LogP contribution in [-0.2, 0) is 7.05 Å². The molecule has 0 bridgehead atoms. The van der Waals surface area contributed by atoms with Crippen molar-refractivity contribution in [3.8, 4) is 28.5 Å². The van der Waals surface area contributed by atoms with Gasteiger partial charge in [0.25, 0.3) is 0 Å². The molecule has 0 N–H and O–H groups in total. The van der Waals surface area contributed by atoms with Gasteiger partial charge in [0.2, 0.25) is 5.69 Å². The molecule has 0 spiro atoms. The Kier molecular flexibility index (Phi) is 4.64. The first kappa shape index (κ1) is 21.9. The Hall–Kier alpha value is -5.39. The first-order valence-corrected chi connectivity index (χ1v) is 12.3. The maximum absolute atomic E-state index is 10.1. The lowest BCUT2D eigenvalue weighted by atomic mass is 9.95. The number of nitrogens with zero attached hydrogens (tertiary/aromatic N) is 3. The molecule has 7 aromatic rings. The van der Waals surface area contributed by atoms with Crippen LogP contribution in [0.3, 0.4) is 0 Å². The summed E-state index contributed by atoms with van der Waals surface area (Å²) in [5.74, 6) is 0. The number of fused-ring (bicyclic) bond motifs is 6. The minimum absolute atomic E-state index is 0.525. The van der Waals surface area contributed by atoms with Crippen molar-refractivity contribution >= 4 is 49.6 Å². The van der Waals surface area contributed by atoms with Crippen molar-refractivity contribution in [1.29, 1.82) is 5.26 Å². The Bertz CT molecular complexity index is 2190. The first-order valence-electron chi connectivity index (χ1n) is 12.3. The summed E-state index contributed by atoms with van der Waals surface area (Å²) in [7, 11) is 2.03. The summed E-state index contributed by atoms with van der Waals surface area (Å²) in [5.41, 5.74) is 8.64. The van der Waals surface area contributed by atoms with Gasteiger partial charge in [-0.1, -0.05) is 36.4 Å². The van der Waals surface area contributed by atoms with Crippen molar-refractivity contribution in [2.45, 2.75) is 6.92 Å². The van der Waals surface area contributed by atoms with Crippen LogP contribution in [0.2, 0.25) is 0 Å². The fraction of sp³-hybridized carbons (Fsp3) is 0.0606. The SMILES string of the molecule is [C-]#[N+]c1cccc2oc3cc(-c4c(C#N)ccc5c4oc4c(-c6cccc[n+]6C)c(C)ccc45)ccc3c12. The first-order chi connectivity index (χ1) is 18.6. The summed E-state index contributed by atoms with van der Waals surface area (Å²) in [6, 6.07) is 27.9. The number of nitriles is 1. The molecule has 0 amide bonds. The minimum Gasteiger partial charge on any atom is -0.457 e. The van der Waals surface area contributed by atoms with Gasteiger partial charge in [0, 0.05) is 39.2 Å². The molecule has 5 nitrogen and oxygen atoms in total. The lowest BCUT2D eigenvalue weighted by molar-refractivity contribution is -0.660. The van der Waals surface area contributed by atoms with E-state index in [0.717, 1.165) is 55.1 Å². The van der Waals surface area contributed by atoms with Crippen LogP contribution in [0, 0.1) is 24.8 Å². The number of aromatic nitrogens is 1. The molecule has 0 atom stereocenters. The van der Waals surface area contributed by atoms with Crippen LogP contribution in [0.4, 0.5) is 5.69 Å². The van der Waals surface area contributed by atoms with Crippen LogP contribution in [0.5, 0.6) is 0 Å². The third kappa shape index (κ3) is 3.00. The smallest absolute Gasteiger partial charge is 0.216 e. The monoisotopic (exact) mass is 490 g/mol. The molecular weight excluding hydrogens is 470 g/mol. The van der Waals surface area contributed by atoms with Crippen molar-refractivity contribution in [1.82, 2.24) is 0 Å². The Morgan fingerprint density at radius 3 is 2.39 bits per heavy atom. The van der Waals surface area contributed by atoms with Gasteiger partial charge in [0.15, 0.2) is 11.9 Å². The van der Waals surface area contributed by atoms with Crippen molar-refractivity contribution in [3.05, 3.63) is 108 Å². The van der Waals surface area contributed by atoms with E-state index in [1.807, 2.05) is 67.8 Å². The van der Waals surface area contributed by atoms with Crippen LogP contribution in [0.15, 0.2) is 93.9 Å². The van der Waals surface area contributed by atoms with Crippen LogP contribution in [0.1, 0.15) is 11.1 Å². The van der Waals surface area contributed by atoms with Gasteiger partial charge in [-0.25, -0.2) is 9.41 Å². The summed E-state index contributed by atoms with van der Waals surface area (Å²) in [6.45, 7) is 9.64. The summed E-state index contributed by atoms with van der Waals surface area (Å²) >= 11 is 0. The maximum atomic E-state index is 10.1. The van der Waals surface area contributed by atoms with E-state index < -0.39 is 0 Å². The highest BCUT2D eigenvalue weighted by Crippen LogP contribution is 2.43. The molecular formula is C33H20N3O2+. The molecule has 3 aromatic heterocycles. The topological polar surface area (TPSA) is 58.3 Å². The summed E-state index contributed by atoms with van der Waals surface area (Å²) in [5, 5.41) is 13.7. The van der Waals surface area contributed by atoms with Gasteiger partial charge in [0.05, 0.1) is 23.8 Å². The van der Waals surface area contributed by atoms with E-state index in [0.29, 0.717) is 28.0 Å². The van der Waals surface area contributed by atoms with E-state index in [4.69, 9.17) is 15.4 Å². The highest BCUT2D eigenvalue weighted by Gasteiger charge is 2.23. The van der Waals surface area contributed by atoms with E-state index >= 15 is 0 Å². The Morgan fingerprint density at radius 1 is 0.816 bits per heavy atom. The van der Waals surface area contributed by atoms with Gasteiger partial charge in [-0.2, -0.15) is 5.26 Å². The van der Waals surface area contributed by atoms with Gasteiger partial charge in [-0.3, -0.25) is 0 Å². The highest BCUT2D eigenvalue weighted by molar-refractivity contribution is 6.16. The molecule has 0 saturated heterocycles. The summed E-state index contributed by atoms with van der Waals surface area (Å²) in [6.07, 6.45) is 2.03. The number of hydrogen-bond donors (Lipinski definition) is 0. The van der Waals surface area contributed by atoms with Gasteiger partial charge >= 0.3 is 0 Å². The van der Waals surface area contributed by atoms with Crippen molar-refractivity contribution < 1.29 is 13.4 Å². The predicted molar refractivity (Wildman–Crippen MR) is 149 cm³/mol. The third-order valence-corrected chi connectivity index (χ3v) is 7.33. The van der Waals surface area contributed by atoms with Crippen LogP contribution in [-0.4, -0.2) is 0 Å². The number of aryl methyl sites for hydroxylation is 2. The molecule has 0 aliphatic carbocycles.